The van der Waals surface area contributed by atoms with Gasteiger partial charge in [-0.15, -0.1) is 0 Å². The Bertz CT molecular complexity index is 1730. The Hall–Kier alpha value is -5.21. The highest BCUT2D eigenvalue weighted by atomic mass is 16.5. The zero-order chi connectivity index (χ0) is 29.1. The summed E-state index contributed by atoms with van der Waals surface area (Å²) in [7, 11) is 3.09. The maximum absolute atomic E-state index is 12.6. The van der Waals surface area contributed by atoms with E-state index in [1.54, 1.807) is 23.9 Å². The van der Waals surface area contributed by atoms with Crippen molar-refractivity contribution in [2.45, 2.75) is 12.1 Å². The minimum atomic E-state index is -0.699. The summed E-state index contributed by atoms with van der Waals surface area (Å²) in [6.07, 6.45) is 3.87. The fourth-order valence-electron chi connectivity index (χ4n) is 5.67. The molecule has 0 aliphatic carbocycles. The van der Waals surface area contributed by atoms with Crippen LogP contribution in [0.4, 0.5) is 0 Å². The molecule has 0 aliphatic rings. The number of carbonyl (C=O) groups is 1. The Morgan fingerprint density at radius 1 is 0.810 bits per heavy atom. The van der Waals surface area contributed by atoms with Crippen molar-refractivity contribution in [1.29, 1.82) is 0 Å². The van der Waals surface area contributed by atoms with Crippen molar-refractivity contribution in [2.75, 3.05) is 20.8 Å². The first-order chi connectivity index (χ1) is 20.6. The SMILES string of the molecule is COc1cc2c(C(=O)CO)nn(Cc3cn(C(c4ccccc4)(c4ccccc4)c4ccccc4)cn3)c2cc1OC. The number of ketones is 1. The molecule has 0 spiro atoms. The highest BCUT2D eigenvalue weighted by Crippen LogP contribution is 2.41. The first-order valence-electron chi connectivity index (χ1n) is 13.6. The summed E-state index contributed by atoms with van der Waals surface area (Å²) < 4.78 is 14.8. The van der Waals surface area contributed by atoms with Gasteiger partial charge in [-0.1, -0.05) is 91.0 Å². The lowest BCUT2D eigenvalue weighted by atomic mass is 9.77. The van der Waals surface area contributed by atoms with E-state index in [-0.39, 0.29) is 12.2 Å². The molecule has 0 fully saturated rings. The molecule has 0 aliphatic heterocycles. The van der Waals surface area contributed by atoms with Gasteiger partial charge in [-0.05, 0) is 22.8 Å². The topological polar surface area (TPSA) is 91.4 Å². The summed E-state index contributed by atoms with van der Waals surface area (Å²) >= 11 is 0. The lowest BCUT2D eigenvalue weighted by Gasteiger charge is -2.37. The van der Waals surface area contributed by atoms with E-state index >= 15 is 0 Å². The summed E-state index contributed by atoms with van der Waals surface area (Å²) in [5, 5.41) is 14.8. The highest BCUT2D eigenvalue weighted by Gasteiger charge is 2.38. The van der Waals surface area contributed by atoms with Crippen LogP contribution in [-0.4, -0.2) is 51.0 Å². The second kappa shape index (κ2) is 11.3. The quantitative estimate of drug-likeness (QED) is 0.181. The minimum absolute atomic E-state index is 0.167. The van der Waals surface area contributed by atoms with Gasteiger partial charge < -0.3 is 19.1 Å². The Morgan fingerprint density at radius 2 is 1.33 bits per heavy atom. The molecule has 210 valence electrons. The number of aliphatic hydroxyl groups excluding tert-OH is 1. The molecule has 4 aromatic carbocycles. The molecule has 6 aromatic rings. The molecule has 8 nitrogen and oxygen atoms in total. The zero-order valence-corrected chi connectivity index (χ0v) is 23.3. The molecule has 0 atom stereocenters. The van der Waals surface area contributed by atoms with Crippen molar-refractivity contribution in [3.05, 3.63) is 144 Å². The molecule has 0 radical (unpaired) electrons. The van der Waals surface area contributed by atoms with Crippen LogP contribution in [0.5, 0.6) is 11.5 Å². The van der Waals surface area contributed by atoms with Crippen LogP contribution in [0.15, 0.2) is 116 Å². The zero-order valence-electron chi connectivity index (χ0n) is 23.3. The number of ether oxygens (including phenoxy) is 2. The largest absolute Gasteiger partial charge is 0.493 e. The third kappa shape index (κ3) is 4.52. The molecule has 0 saturated carbocycles. The predicted molar refractivity (Wildman–Crippen MR) is 160 cm³/mol. The highest BCUT2D eigenvalue weighted by molar-refractivity contribution is 6.07. The van der Waals surface area contributed by atoms with Crippen LogP contribution in [0.2, 0.25) is 0 Å². The molecule has 0 saturated heterocycles. The number of imidazole rings is 1. The molecule has 0 amide bonds. The molecular formula is C34H30N4O4. The van der Waals surface area contributed by atoms with Crippen molar-refractivity contribution in [3.8, 4) is 11.5 Å². The van der Waals surface area contributed by atoms with Gasteiger partial charge in [0.1, 0.15) is 17.8 Å². The smallest absolute Gasteiger partial charge is 0.208 e. The molecule has 42 heavy (non-hydrogen) atoms. The predicted octanol–water partition coefficient (Wildman–Crippen LogP) is 5.31. The molecule has 6 rings (SSSR count). The van der Waals surface area contributed by atoms with Gasteiger partial charge in [0, 0.05) is 17.6 Å². The number of Topliss-reactive ketones (excluding diaryl/α,β-unsaturated/α-hetero) is 1. The van der Waals surface area contributed by atoms with Crippen molar-refractivity contribution < 1.29 is 19.4 Å². The summed E-state index contributed by atoms with van der Waals surface area (Å²) in [4.78, 5) is 17.5. The first-order valence-corrected chi connectivity index (χ1v) is 13.6. The van der Waals surface area contributed by atoms with E-state index in [4.69, 9.17) is 14.5 Å². The van der Waals surface area contributed by atoms with Gasteiger partial charge in [-0.25, -0.2) is 4.98 Å². The normalized spacial score (nSPS) is 11.5. The van der Waals surface area contributed by atoms with Crippen LogP contribution in [0, 0.1) is 0 Å². The van der Waals surface area contributed by atoms with Gasteiger partial charge in [-0.3, -0.25) is 9.48 Å². The number of nitrogens with zero attached hydrogens (tertiary/aromatic N) is 4. The van der Waals surface area contributed by atoms with Gasteiger partial charge >= 0.3 is 0 Å². The van der Waals surface area contributed by atoms with Crippen LogP contribution >= 0.6 is 0 Å². The van der Waals surface area contributed by atoms with Crippen LogP contribution in [0.3, 0.4) is 0 Å². The van der Waals surface area contributed by atoms with Gasteiger partial charge in [0.25, 0.3) is 0 Å². The second-order valence-corrected chi connectivity index (χ2v) is 9.89. The number of carbonyl (C=O) groups excluding carboxylic acids is 1. The molecule has 0 bridgehead atoms. The average Bonchev–Trinajstić information content (AvgIpc) is 3.66. The van der Waals surface area contributed by atoms with Gasteiger partial charge in [0.15, 0.2) is 11.5 Å². The number of hydrogen-bond acceptors (Lipinski definition) is 6. The Labute approximate surface area is 243 Å². The third-order valence-corrected chi connectivity index (χ3v) is 7.57. The Morgan fingerprint density at radius 3 is 1.83 bits per heavy atom. The van der Waals surface area contributed by atoms with E-state index in [1.807, 2.05) is 67.1 Å². The number of aromatic nitrogens is 4. The molecule has 2 heterocycles. The molecule has 8 heteroatoms. The third-order valence-electron chi connectivity index (χ3n) is 7.57. The Balaban J connectivity index is 1.52. The van der Waals surface area contributed by atoms with Crippen molar-refractivity contribution >= 4 is 16.7 Å². The van der Waals surface area contributed by atoms with E-state index < -0.39 is 17.9 Å². The lowest BCUT2D eigenvalue weighted by molar-refractivity contribution is 0.0899. The standard InChI is InChI=1S/C34H30N4O4/c1-41-31-18-28-29(19-32(31)42-2)38(36-33(28)30(40)22-39)21-27-20-37(23-35-27)34(24-12-6-3-7-13-24,25-14-8-4-9-15-25)26-16-10-5-11-17-26/h3-20,23,39H,21-22H2,1-2H3. The second-order valence-electron chi connectivity index (χ2n) is 9.89. The number of rotatable bonds is 10. The summed E-state index contributed by atoms with van der Waals surface area (Å²) in [5.74, 6) is 0.503. The number of methoxy groups -OCH3 is 2. The van der Waals surface area contributed by atoms with Gasteiger partial charge in [0.05, 0.1) is 38.3 Å². The van der Waals surface area contributed by atoms with Crippen LogP contribution in [-0.2, 0) is 12.1 Å². The number of fused-ring (bicyclic) bond motifs is 1. The maximum atomic E-state index is 12.6. The first kappa shape index (κ1) is 27.0. The van der Waals surface area contributed by atoms with Crippen molar-refractivity contribution in [3.63, 3.8) is 0 Å². The van der Waals surface area contributed by atoms with Crippen LogP contribution in [0.1, 0.15) is 32.9 Å². The minimum Gasteiger partial charge on any atom is -0.493 e. The van der Waals surface area contributed by atoms with Gasteiger partial charge in [-0.2, -0.15) is 5.10 Å². The number of aliphatic hydroxyl groups is 1. The van der Waals surface area contributed by atoms with Crippen LogP contribution < -0.4 is 9.47 Å². The fourth-order valence-corrected chi connectivity index (χ4v) is 5.67. The van der Waals surface area contributed by atoms with E-state index in [1.165, 1.54) is 7.11 Å². The number of benzene rings is 4. The maximum Gasteiger partial charge on any atom is 0.208 e. The van der Waals surface area contributed by atoms with E-state index in [9.17, 15) is 9.90 Å². The molecule has 1 N–H and O–H groups in total. The molecule has 0 unspecified atom stereocenters. The molecule has 2 aromatic heterocycles. The van der Waals surface area contributed by atoms with E-state index in [2.05, 4.69) is 46.1 Å². The molecular weight excluding hydrogens is 528 g/mol. The number of hydrogen-bond donors (Lipinski definition) is 1. The monoisotopic (exact) mass is 558 g/mol. The summed E-state index contributed by atoms with van der Waals surface area (Å²) in [6.45, 7) is -0.366. The van der Waals surface area contributed by atoms with E-state index in [0.29, 0.717) is 22.4 Å². The summed E-state index contributed by atoms with van der Waals surface area (Å²) in [5.41, 5.74) is 4.13. The van der Waals surface area contributed by atoms with E-state index in [0.717, 1.165) is 22.4 Å². The average molecular weight is 559 g/mol. The fraction of sp³-hybridized carbons (Fsp3) is 0.147. The Kier molecular flexibility index (Phi) is 7.29. The summed E-state index contributed by atoms with van der Waals surface area (Å²) in [6, 6.07) is 34.6. The van der Waals surface area contributed by atoms with Crippen LogP contribution in [0.25, 0.3) is 10.9 Å². The van der Waals surface area contributed by atoms with Crippen molar-refractivity contribution in [2.24, 2.45) is 0 Å². The van der Waals surface area contributed by atoms with Crippen molar-refractivity contribution in [1.82, 2.24) is 19.3 Å². The lowest BCUT2D eigenvalue weighted by Crippen LogP contribution is -2.36. The van der Waals surface area contributed by atoms with Gasteiger partial charge in [0.2, 0.25) is 5.78 Å².